The van der Waals surface area contributed by atoms with Crippen molar-refractivity contribution in [2.75, 3.05) is 11.9 Å². The van der Waals surface area contributed by atoms with Gasteiger partial charge in [-0.05, 0) is 50.3 Å². The molecule has 1 aliphatic rings. The van der Waals surface area contributed by atoms with Crippen molar-refractivity contribution in [2.24, 2.45) is 5.92 Å². The highest BCUT2D eigenvalue weighted by atomic mass is 32.2. The van der Waals surface area contributed by atoms with Gasteiger partial charge < -0.3 is 10.6 Å². The van der Waals surface area contributed by atoms with Gasteiger partial charge in [-0.3, -0.25) is 14.2 Å². The molecule has 1 aromatic heterocycles. The van der Waals surface area contributed by atoms with Gasteiger partial charge in [-0.1, -0.05) is 31.7 Å². The fourth-order valence-electron chi connectivity index (χ4n) is 2.97. The van der Waals surface area contributed by atoms with Crippen molar-refractivity contribution in [1.29, 1.82) is 0 Å². The molecule has 1 aromatic carbocycles. The maximum absolute atomic E-state index is 12.5. The van der Waals surface area contributed by atoms with Gasteiger partial charge in [0.25, 0.3) is 0 Å². The molecule has 0 spiro atoms. The van der Waals surface area contributed by atoms with Crippen LogP contribution in [0.15, 0.2) is 29.4 Å². The van der Waals surface area contributed by atoms with E-state index in [0.29, 0.717) is 23.5 Å². The molecule has 7 nitrogen and oxygen atoms in total. The number of carbonyl (C=O) groups excluding carboxylic acids is 2. The van der Waals surface area contributed by atoms with Crippen molar-refractivity contribution < 1.29 is 9.59 Å². The zero-order chi connectivity index (χ0) is 21.0. The third kappa shape index (κ3) is 5.82. The third-order valence-electron chi connectivity index (χ3n) is 4.70. The lowest BCUT2D eigenvalue weighted by Gasteiger charge is -2.15. The van der Waals surface area contributed by atoms with Crippen LogP contribution in [-0.4, -0.2) is 38.4 Å². The second-order valence-corrected chi connectivity index (χ2v) is 9.22. The highest BCUT2D eigenvalue weighted by Crippen LogP contribution is 2.41. The average Bonchev–Trinajstić information content (AvgIpc) is 3.41. The quantitative estimate of drug-likeness (QED) is 0.609. The zero-order valence-electron chi connectivity index (χ0n) is 17.4. The van der Waals surface area contributed by atoms with Gasteiger partial charge >= 0.3 is 0 Å². The summed E-state index contributed by atoms with van der Waals surface area (Å²) in [5, 5.41) is 15.0. The summed E-state index contributed by atoms with van der Waals surface area (Å²) in [5.74, 6) is 1.76. The summed E-state index contributed by atoms with van der Waals surface area (Å²) in [5.41, 5.74) is 1.61. The van der Waals surface area contributed by atoms with E-state index in [4.69, 9.17) is 0 Å². The Kier molecular flexibility index (Phi) is 6.95. The van der Waals surface area contributed by atoms with E-state index < -0.39 is 0 Å². The zero-order valence-corrected chi connectivity index (χ0v) is 18.3. The first-order valence-corrected chi connectivity index (χ1v) is 11.0. The summed E-state index contributed by atoms with van der Waals surface area (Å²) in [7, 11) is 0. The number of rotatable bonds is 9. The Morgan fingerprint density at radius 2 is 2.00 bits per heavy atom. The number of hydrogen-bond acceptors (Lipinski definition) is 5. The van der Waals surface area contributed by atoms with Gasteiger partial charge in [-0.25, -0.2) is 0 Å². The lowest BCUT2D eigenvalue weighted by Crippen LogP contribution is -2.32. The number of carbonyl (C=O) groups is 2. The van der Waals surface area contributed by atoms with Crippen molar-refractivity contribution in [3.05, 3.63) is 30.1 Å². The summed E-state index contributed by atoms with van der Waals surface area (Å²) < 4.78 is 2.02. The molecule has 2 aromatic rings. The largest absolute Gasteiger partial charge is 0.355 e. The average molecular weight is 416 g/mol. The van der Waals surface area contributed by atoms with Crippen LogP contribution in [0, 0.1) is 5.92 Å². The number of thioether (sulfide) groups is 1. The fourth-order valence-corrected chi connectivity index (χ4v) is 3.87. The minimum Gasteiger partial charge on any atom is -0.355 e. The van der Waals surface area contributed by atoms with Crippen molar-refractivity contribution in [1.82, 2.24) is 20.1 Å². The molecule has 8 heteroatoms. The highest BCUT2D eigenvalue weighted by Gasteiger charge is 2.32. The van der Waals surface area contributed by atoms with E-state index in [1.54, 1.807) is 0 Å². The summed E-state index contributed by atoms with van der Waals surface area (Å²) in [6, 6.07) is 7.63. The number of nitrogens with one attached hydrogen (secondary N) is 2. The Morgan fingerprint density at radius 1 is 1.24 bits per heavy atom. The summed E-state index contributed by atoms with van der Waals surface area (Å²) >= 11 is 1.41. The van der Waals surface area contributed by atoms with Gasteiger partial charge in [0, 0.05) is 25.1 Å². The second-order valence-electron chi connectivity index (χ2n) is 7.92. The van der Waals surface area contributed by atoms with Crippen molar-refractivity contribution in [3.63, 3.8) is 0 Å². The van der Waals surface area contributed by atoms with Crippen LogP contribution in [0.1, 0.15) is 58.7 Å². The minimum absolute atomic E-state index is 0.00479. The molecule has 0 bridgehead atoms. The Morgan fingerprint density at radius 3 is 2.66 bits per heavy atom. The predicted octanol–water partition coefficient (Wildman–Crippen LogP) is 3.75. The van der Waals surface area contributed by atoms with Gasteiger partial charge in [0.1, 0.15) is 5.82 Å². The monoisotopic (exact) mass is 415 g/mol. The van der Waals surface area contributed by atoms with Crippen LogP contribution in [0.4, 0.5) is 5.69 Å². The van der Waals surface area contributed by atoms with Crippen LogP contribution in [0.2, 0.25) is 0 Å². The molecule has 1 heterocycles. The van der Waals surface area contributed by atoms with E-state index in [-0.39, 0.29) is 17.1 Å². The number of benzene rings is 1. The molecule has 2 N–H and O–H groups in total. The Bertz CT molecular complexity index is 876. The maximum atomic E-state index is 12.5. The highest BCUT2D eigenvalue weighted by molar-refractivity contribution is 8.00. The van der Waals surface area contributed by atoms with Crippen LogP contribution >= 0.6 is 11.8 Å². The van der Waals surface area contributed by atoms with E-state index in [1.165, 1.54) is 18.7 Å². The molecule has 0 saturated heterocycles. The van der Waals surface area contributed by atoms with Gasteiger partial charge in [0.2, 0.25) is 11.8 Å². The molecular weight excluding hydrogens is 386 g/mol. The lowest BCUT2D eigenvalue weighted by atomic mass is 10.1. The van der Waals surface area contributed by atoms with E-state index in [0.717, 1.165) is 36.5 Å². The number of hydrogen-bond donors (Lipinski definition) is 2. The Hall–Kier alpha value is -2.35. The molecular formula is C21H29N5O2S. The molecule has 1 aliphatic carbocycles. The number of aromatic nitrogens is 3. The van der Waals surface area contributed by atoms with Crippen LogP contribution in [0.5, 0.6) is 0 Å². The number of nitrogens with zero attached hydrogens (tertiary/aromatic N) is 3. The molecule has 3 rings (SSSR count). The molecule has 1 atom stereocenters. The summed E-state index contributed by atoms with van der Waals surface area (Å²) in [6.45, 7) is 8.34. The predicted molar refractivity (Wildman–Crippen MR) is 115 cm³/mol. The van der Waals surface area contributed by atoms with Crippen molar-refractivity contribution in [3.8, 4) is 5.69 Å². The van der Waals surface area contributed by atoms with E-state index in [1.807, 2.05) is 35.8 Å². The van der Waals surface area contributed by atoms with E-state index >= 15 is 0 Å². The third-order valence-corrected chi connectivity index (χ3v) is 5.74. The van der Waals surface area contributed by atoms with Gasteiger partial charge in [-0.2, -0.15) is 0 Å². The topological polar surface area (TPSA) is 88.9 Å². The van der Waals surface area contributed by atoms with Gasteiger partial charge in [0.15, 0.2) is 5.16 Å². The maximum Gasteiger partial charge on any atom is 0.233 e. The van der Waals surface area contributed by atoms with Crippen molar-refractivity contribution >= 4 is 29.3 Å². The summed E-state index contributed by atoms with van der Waals surface area (Å²) in [4.78, 5) is 23.9. The molecule has 156 valence electrons. The smallest absolute Gasteiger partial charge is 0.233 e. The standard InChI is InChI=1S/C21H29N5O2S/c1-13(2)10-11-22-20(28)14(3)29-21-25-24-19(16-8-9-16)26(21)18-7-5-6-17(12-18)23-15(4)27/h5-7,12-14,16H,8-11H2,1-4H3,(H,22,28)(H,23,27). The fraction of sp³-hybridized carbons (Fsp3) is 0.524. The molecule has 0 radical (unpaired) electrons. The minimum atomic E-state index is -0.282. The van der Waals surface area contributed by atoms with E-state index in [9.17, 15) is 9.59 Å². The normalized spacial score (nSPS) is 14.7. The molecule has 1 fully saturated rings. The van der Waals surface area contributed by atoms with Crippen LogP contribution in [0.3, 0.4) is 0 Å². The Labute approximate surface area is 176 Å². The Balaban J connectivity index is 1.80. The molecule has 29 heavy (non-hydrogen) atoms. The van der Waals surface area contributed by atoms with Crippen LogP contribution in [-0.2, 0) is 9.59 Å². The van der Waals surface area contributed by atoms with E-state index in [2.05, 4.69) is 34.7 Å². The molecule has 1 unspecified atom stereocenters. The second kappa shape index (κ2) is 9.43. The van der Waals surface area contributed by atoms with Gasteiger partial charge in [-0.15, -0.1) is 10.2 Å². The molecule has 1 saturated carbocycles. The first-order chi connectivity index (χ1) is 13.8. The SMILES string of the molecule is CC(=O)Nc1cccc(-n2c(SC(C)C(=O)NCCC(C)C)nnc2C2CC2)c1. The first kappa shape index (κ1) is 21.4. The summed E-state index contributed by atoms with van der Waals surface area (Å²) in [6.07, 6.45) is 3.15. The number of amides is 2. The number of anilines is 1. The van der Waals surface area contributed by atoms with Gasteiger partial charge in [0.05, 0.1) is 10.9 Å². The molecule has 2 amide bonds. The first-order valence-electron chi connectivity index (χ1n) is 10.1. The van der Waals surface area contributed by atoms with Crippen molar-refractivity contribution in [2.45, 2.75) is 63.3 Å². The van der Waals surface area contributed by atoms with Crippen LogP contribution < -0.4 is 10.6 Å². The lowest BCUT2D eigenvalue weighted by molar-refractivity contribution is -0.120. The molecule has 0 aliphatic heterocycles. The van der Waals surface area contributed by atoms with Crippen LogP contribution in [0.25, 0.3) is 5.69 Å².